The Hall–Kier alpha value is -1.95. The van der Waals surface area contributed by atoms with E-state index >= 15 is 0 Å². The van der Waals surface area contributed by atoms with Crippen molar-refractivity contribution in [1.29, 1.82) is 0 Å². The molecular formula is C18H24ClN3O3. The maximum Gasteiger partial charge on any atom is 0.407 e. The molecule has 0 saturated carbocycles. The number of hydrogen-bond acceptors (Lipinski definition) is 3. The van der Waals surface area contributed by atoms with E-state index in [4.69, 9.17) is 16.3 Å². The van der Waals surface area contributed by atoms with Gasteiger partial charge >= 0.3 is 12.1 Å². The number of urea groups is 1. The van der Waals surface area contributed by atoms with E-state index in [0.717, 1.165) is 30.7 Å². The molecule has 0 aliphatic carbocycles. The molecule has 1 aromatic rings. The maximum atomic E-state index is 12.3. The molecule has 1 atom stereocenters. The van der Waals surface area contributed by atoms with Gasteiger partial charge in [0.25, 0.3) is 0 Å². The monoisotopic (exact) mass is 365 g/mol. The molecule has 2 saturated heterocycles. The number of nitrogens with one attached hydrogen (secondary N) is 2. The number of nitrogens with zero attached hydrogens (tertiary/aromatic N) is 1. The summed E-state index contributed by atoms with van der Waals surface area (Å²) in [5.41, 5.74) is 0.784. The molecular weight excluding hydrogens is 342 g/mol. The van der Waals surface area contributed by atoms with E-state index in [0.29, 0.717) is 32.6 Å². The van der Waals surface area contributed by atoms with Crippen LogP contribution in [0.2, 0.25) is 5.02 Å². The zero-order valence-corrected chi connectivity index (χ0v) is 15.0. The molecule has 2 N–H and O–H groups in total. The molecule has 2 aliphatic rings. The zero-order valence-electron chi connectivity index (χ0n) is 14.2. The molecule has 2 heterocycles. The van der Waals surface area contributed by atoms with Crippen LogP contribution in [0, 0.1) is 0 Å². The molecule has 3 rings (SSSR count). The summed E-state index contributed by atoms with van der Waals surface area (Å²) in [4.78, 5) is 25.5. The predicted octanol–water partition coefficient (Wildman–Crippen LogP) is 2.95. The summed E-state index contributed by atoms with van der Waals surface area (Å²) >= 11 is 5.87. The topological polar surface area (TPSA) is 70.7 Å². The van der Waals surface area contributed by atoms with Gasteiger partial charge in [0.2, 0.25) is 0 Å². The van der Waals surface area contributed by atoms with Crippen LogP contribution in [0.25, 0.3) is 0 Å². The number of benzene rings is 1. The molecule has 25 heavy (non-hydrogen) atoms. The second-order valence-electron chi connectivity index (χ2n) is 6.73. The van der Waals surface area contributed by atoms with Gasteiger partial charge in [-0.15, -0.1) is 0 Å². The largest absolute Gasteiger partial charge is 0.441 e. The number of aryl methyl sites for hydroxylation is 1. The van der Waals surface area contributed by atoms with Crippen molar-refractivity contribution in [3.8, 4) is 0 Å². The number of carbonyl (C=O) groups excluding carboxylic acids is 2. The lowest BCUT2D eigenvalue weighted by Crippen LogP contribution is -2.42. The third kappa shape index (κ3) is 4.78. The van der Waals surface area contributed by atoms with Gasteiger partial charge in [-0.05, 0) is 43.4 Å². The molecule has 136 valence electrons. The normalized spacial score (nSPS) is 23.1. The summed E-state index contributed by atoms with van der Waals surface area (Å²) in [6.07, 6.45) is 3.76. The maximum absolute atomic E-state index is 12.3. The fraction of sp³-hybridized carbons (Fsp3) is 0.556. The first-order valence-electron chi connectivity index (χ1n) is 8.80. The Kier molecular flexibility index (Phi) is 5.68. The highest BCUT2D eigenvalue weighted by Gasteiger charge is 2.41. The summed E-state index contributed by atoms with van der Waals surface area (Å²) in [5.74, 6) is 0. The van der Waals surface area contributed by atoms with E-state index < -0.39 is 5.60 Å². The van der Waals surface area contributed by atoms with Crippen LogP contribution in [-0.2, 0) is 11.2 Å². The third-order valence-corrected chi connectivity index (χ3v) is 5.13. The minimum absolute atomic E-state index is 0.0366. The molecule has 0 aromatic heterocycles. The van der Waals surface area contributed by atoms with Crippen LogP contribution in [0.15, 0.2) is 24.3 Å². The van der Waals surface area contributed by atoms with Crippen molar-refractivity contribution in [1.82, 2.24) is 15.5 Å². The van der Waals surface area contributed by atoms with Crippen molar-refractivity contribution in [2.45, 2.75) is 37.7 Å². The second-order valence-corrected chi connectivity index (χ2v) is 7.17. The number of alkyl carbamates (subject to hydrolysis) is 1. The van der Waals surface area contributed by atoms with E-state index in [1.807, 2.05) is 29.2 Å². The molecule has 6 nitrogen and oxygen atoms in total. The van der Waals surface area contributed by atoms with E-state index in [1.165, 1.54) is 5.56 Å². The van der Waals surface area contributed by atoms with Crippen LogP contribution in [0.1, 0.15) is 31.2 Å². The first kappa shape index (κ1) is 17.9. The highest BCUT2D eigenvalue weighted by molar-refractivity contribution is 6.30. The molecule has 2 fully saturated rings. The van der Waals surface area contributed by atoms with Crippen molar-refractivity contribution in [3.63, 3.8) is 0 Å². The second kappa shape index (κ2) is 7.95. The van der Waals surface area contributed by atoms with Gasteiger partial charge in [-0.2, -0.15) is 0 Å². The SMILES string of the molecule is O=C1NC[C@]2(CCCN(C(=O)NCCCc3ccc(Cl)cc3)CC2)O1. The quantitative estimate of drug-likeness (QED) is 0.806. The van der Waals surface area contributed by atoms with Crippen molar-refractivity contribution in [3.05, 3.63) is 34.9 Å². The zero-order chi connectivity index (χ0) is 17.7. The van der Waals surface area contributed by atoms with Crippen molar-refractivity contribution < 1.29 is 14.3 Å². The first-order valence-corrected chi connectivity index (χ1v) is 9.18. The Morgan fingerprint density at radius 1 is 1.28 bits per heavy atom. The number of hydrogen-bond donors (Lipinski definition) is 2. The van der Waals surface area contributed by atoms with Crippen LogP contribution < -0.4 is 10.6 Å². The number of likely N-dealkylation sites (tertiary alicyclic amines) is 1. The average Bonchev–Trinajstić information content (AvgIpc) is 2.84. The average molecular weight is 366 g/mol. The van der Waals surface area contributed by atoms with Gasteiger partial charge in [0.15, 0.2) is 0 Å². The number of amides is 3. The molecule has 0 unspecified atom stereocenters. The smallest absolute Gasteiger partial charge is 0.407 e. The van der Waals surface area contributed by atoms with Gasteiger partial charge in [0.05, 0.1) is 6.54 Å². The number of halogens is 1. The van der Waals surface area contributed by atoms with Crippen LogP contribution in [0.4, 0.5) is 9.59 Å². The van der Waals surface area contributed by atoms with E-state index in [-0.39, 0.29) is 12.1 Å². The van der Waals surface area contributed by atoms with Gasteiger partial charge in [0.1, 0.15) is 5.60 Å². The summed E-state index contributed by atoms with van der Waals surface area (Å²) in [6, 6.07) is 7.75. The number of rotatable bonds is 4. The molecule has 1 spiro atoms. The highest BCUT2D eigenvalue weighted by Crippen LogP contribution is 2.29. The fourth-order valence-corrected chi connectivity index (χ4v) is 3.53. The van der Waals surface area contributed by atoms with Crippen LogP contribution in [-0.4, -0.2) is 48.8 Å². The van der Waals surface area contributed by atoms with Gasteiger partial charge in [-0.1, -0.05) is 23.7 Å². The molecule has 7 heteroatoms. The Balaban J connectivity index is 1.39. The Labute approximate surface area is 152 Å². The first-order chi connectivity index (χ1) is 12.1. The number of ether oxygens (including phenoxy) is 1. The van der Waals surface area contributed by atoms with Gasteiger partial charge in [0, 0.05) is 31.1 Å². The van der Waals surface area contributed by atoms with Crippen molar-refractivity contribution in [2.75, 3.05) is 26.2 Å². The summed E-state index contributed by atoms with van der Waals surface area (Å²) < 4.78 is 5.44. The lowest BCUT2D eigenvalue weighted by atomic mass is 9.95. The molecule has 0 bridgehead atoms. The van der Waals surface area contributed by atoms with E-state index in [1.54, 1.807) is 0 Å². The van der Waals surface area contributed by atoms with Crippen molar-refractivity contribution in [2.24, 2.45) is 0 Å². The van der Waals surface area contributed by atoms with Gasteiger partial charge in [-0.3, -0.25) is 0 Å². The summed E-state index contributed by atoms with van der Waals surface area (Å²) in [7, 11) is 0. The van der Waals surface area contributed by atoms with Crippen LogP contribution in [0.3, 0.4) is 0 Å². The minimum Gasteiger partial charge on any atom is -0.441 e. The standard InChI is InChI=1S/C18H24ClN3O3/c19-15-6-4-14(5-7-15)3-1-10-20-16(23)22-11-2-8-18(9-12-22)13-21-17(24)25-18/h4-7H,1-3,8-13H2,(H,20,23)(H,21,24)/t18-/m1/s1. The van der Waals surface area contributed by atoms with Crippen LogP contribution >= 0.6 is 11.6 Å². The highest BCUT2D eigenvalue weighted by atomic mass is 35.5. The number of carbonyl (C=O) groups is 2. The lowest BCUT2D eigenvalue weighted by Gasteiger charge is -2.25. The van der Waals surface area contributed by atoms with Crippen molar-refractivity contribution >= 4 is 23.7 Å². The molecule has 3 amide bonds. The lowest BCUT2D eigenvalue weighted by molar-refractivity contribution is 0.0453. The predicted molar refractivity (Wildman–Crippen MR) is 95.8 cm³/mol. The Morgan fingerprint density at radius 2 is 2.08 bits per heavy atom. The van der Waals surface area contributed by atoms with Gasteiger partial charge in [-0.25, -0.2) is 9.59 Å². The van der Waals surface area contributed by atoms with E-state index in [2.05, 4.69) is 10.6 Å². The molecule has 0 radical (unpaired) electrons. The Morgan fingerprint density at radius 3 is 2.80 bits per heavy atom. The third-order valence-electron chi connectivity index (χ3n) is 4.88. The molecule has 2 aliphatic heterocycles. The van der Waals surface area contributed by atoms with Crippen LogP contribution in [0.5, 0.6) is 0 Å². The summed E-state index contributed by atoms with van der Waals surface area (Å²) in [5, 5.41) is 6.45. The van der Waals surface area contributed by atoms with E-state index in [9.17, 15) is 9.59 Å². The fourth-order valence-electron chi connectivity index (χ4n) is 3.40. The minimum atomic E-state index is -0.430. The molecule has 1 aromatic carbocycles. The Bertz CT molecular complexity index is 622. The summed E-state index contributed by atoms with van der Waals surface area (Å²) in [6.45, 7) is 2.49. The van der Waals surface area contributed by atoms with Gasteiger partial charge < -0.3 is 20.3 Å².